The summed E-state index contributed by atoms with van der Waals surface area (Å²) in [5.74, 6) is -0.184. The van der Waals surface area contributed by atoms with Crippen LogP contribution in [0.25, 0.3) is 22.2 Å². The Bertz CT molecular complexity index is 1360. The van der Waals surface area contributed by atoms with Crippen molar-refractivity contribution in [3.63, 3.8) is 0 Å². The first-order chi connectivity index (χ1) is 15.9. The predicted octanol–water partition coefficient (Wildman–Crippen LogP) is 5.88. The third kappa shape index (κ3) is 4.77. The molecule has 0 bridgehead atoms. The monoisotopic (exact) mass is 439 g/mol. The molecule has 166 valence electrons. The van der Waals surface area contributed by atoms with Crippen LogP contribution in [-0.4, -0.2) is 30.5 Å². The smallest absolute Gasteiger partial charge is 0.339 e. The van der Waals surface area contributed by atoms with Gasteiger partial charge in [0.1, 0.15) is 5.75 Å². The molecular weight excluding hydrogens is 414 g/mol. The van der Waals surface area contributed by atoms with Crippen molar-refractivity contribution in [2.24, 2.45) is 0 Å². The molecule has 0 unspecified atom stereocenters. The third-order valence-corrected chi connectivity index (χ3v) is 5.73. The highest BCUT2D eigenvalue weighted by molar-refractivity contribution is 6.06. The van der Waals surface area contributed by atoms with Crippen LogP contribution in [0.15, 0.2) is 66.7 Å². The number of pyridine rings is 1. The SMILES string of the molecule is COc1ccc(C(=O)COC(=O)c2cc(-c3ccc(C)c(C)c3)nc3ccc(C)cc23)cc1. The van der Waals surface area contributed by atoms with Crippen molar-refractivity contribution in [3.05, 3.63) is 94.5 Å². The van der Waals surface area contributed by atoms with Crippen LogP contribution < -0.4 is 4.74 Å². The van der Waals surface area contributed by atoms with Gasteiger partial charge in [0.2, 0.25) is 0 Å². The lowest BCUT2D eigenvalue weighted by Gasteiger charge is -2.12. The molecule has 5 nitrogen and oxygen atoms in total. The van der Waals surface area contributed by atoms with Gasteiger partial charge in [-0.3, -0.25) is 4.79 Å². The molecule has 5 heteroatoms. The van der Waals surface area contributed by atoms with E-state index in [9.17, 15) is 9.59 Å². The Labute approximate surface area is 193 Å². The number of fused-ring (bicyclic) bond motifs is 1. The number of benzene rings is 3. The van der Waals surface area contributed by atoms with Crippen molar-refractivity contribution >= 4 is 22.7 Å². The molecule has 0 fully saturated rings. The summed E-state index contributed by atoms with van der Waals surface area (Å²) in [6.07, 6.45) is 0. The molecule has 0 amide bonds. The number of carbonyl (C=O) groups excluding carboxylic acids is 2. The minimum atomic E-state index is -0.556. The van der Waals surface area contributed by atoms with Gasteiger partial charge >= 0.3 is 5.97 Å². The second-order valence-electron chi connectivity index (χ2n) is 8.10. The average molecular weight is 440 g/mol. The summed E-state index contributed by atoms with van der Waals surface area (Å²) in [6.45, 7) is 5.71. The number of esters is 1. The molecule has 0 saturated heterocycles. The van der Waals surface area contributed by atoms with E-state index < -0.39 is 5.97 Å². The number of carbonyl (C=O) groups is 2. The molecule has 0 saturated carbocycles. The number of aromatic nitrogens is 1. The van der Waals surface area contributed by atoms with E-state index in [2.05, 4.69) is 13.0 Å². The summed E-state index contributed by atoms with van der Waals surface area (Å²) in [5, 5.41) is 0.699. The van der Waals surface area contributed by atoms with Crippen LogP contribution in [0.3, 0.4) is 0 Å². The van der Waals surface area contributed by atoms with Gasteiger partial charge in [0.15, 0.2) is 12.4 Å². The summed E-state index contributed by atoms with van der Waals surface area (Å²) in [5.41, 5.74) is 6.48. The molecule has 0 radical (unpaired) electrons. The molecule has 0 aliphatic rings. The molecule has 4 aromatic rings. The highest BCUT2D eigenvalue weighted by atomic mass is 16.5. The average Bonchev–Trinajstić information content (AvgIpc) is 2.83. The van der Waals surface area contributed by atoms with E-state index in [-0.39, 0.29) is 12.4 Å². The lowest BCUT2D eigenvalue weighted by molar-refractivity contribution is 0.0476. The van der Waals surface area contributed by atoms with Crippen LogP contribution >= 0.6 is 0 Å². The van der Waals surface area contributed by atoms with E-state index in [0.29, 0.717) is 33.5 Å². The van der Waals surface area contributed by atoms with Gasteiger partial charge in [0.05, 0.1) is 23.9 Å². The second-order valence-corrected chi connectivity index (χ2v) is 8.10. The Morgan fingerprint density at radius 1 is 0.848 bits per heavy atom. The van der Waals surface area contributed by atoms with Crippen LogP contribution in [-0.2, 0) is 4.74 Å². The molecule has 3 aromatic carbocycles. The first-order valence-electron chi connectivity index (χ1n) is 10.7. The number of Topliss-reactive ketones (excluding diaryl/α,β-unsaturated/α-hetero) is 1. The van der Waals surface area contributed by atoms with Gasteiger partial charge in [0.25, 0.3) is 0 Å². The van der Waals surface area contributed by atoms with E-state index >= 15 is 0 Å². The maximum atomic E-state index is 13.1. The molecule has 0 aliphatic carbocycles. The standard InChI is InChI=1S/C28H25NO4/c1-17-5-12-25-23(13-17)24(15-26(29-25)21-7-6-18(2)19(3)14-21)28(31)33-16-27(30)20-8-10-22(32-4)11-9-20/h5-15H,16H2,1-4H3. The number of methoxy groups -OCH3 is 1. The number of hydrogen-bond acceptors (Lipinski definition) is 5. The van der Waals surface area contributed by atoms with Crippen molar-refractivity contribution < 1.29 is 19.1 Å². The first kappa shape index (κ1) is 22.2. The zero-order chi connectivity index (χ0) is 23.5. The van der Waals surface area contributed by atoms with Crippen molar-refractivity contribution in [1.82, 2.24) is 4.98 Å². The van der Waals surface area contributed by atoms with E-state index in [0.717, 1.165) is 16.7 Å². The van der Waals surface area contributed by atoms with E-state index in [1.54, 1.807) is 37.4 Å². The minimum Gasteiger partial charge on any atom is -0.497 e. The number of rotatable bonds is 6. The zero-order valence-corrected chi connectivity index (χ0v) is 19.1. The molecule has 4 rings (SSSR count). The number of ketones is 1. The fourth-order valence-corrected chi connectivity index (χ4v) is 3.63. The largest absolute Gasteiger partial charge is 0.497 e. The first-order valence-corrected chi connectivity index (χ1v) is 10.7. The van der Waals surface area contributed by atoms with E-state index in [1.807, 2.05) is 44.2 Å². The summed E-state index contributed by atoms with van der Waals surface area (Å²) in [6, 6.07) is 20.3. The Balaban J connectivity index is 1.65. The number of aryl methyl sites for hydroxylation is 3. The molecule has 0 atom stereocenters. The van der Waals surface area contributed by atoms with Gasteiger partial charge < -0.3 is 9.47 Å². The van der Waals surface area contributed by atoms with Gasteiger partial charge in [-0.2, -0.15) is 0 Å². The fourth-order valence-electron chi connectivity index (χ4n) is 3.63. The van der Waals surface area contributed by atoms with E-state index in [4.69, 9.17) is 14.5 Å². The van der Waals surface area contributed by atoms with Crippen molar-refractivity contribution in [3.8, 4) is 17.0 Å². The third-order valence-electron chi connectivity index (χ3n) is 5.73. The quantitative estimate of drug-likeness (QED) is 0.277. The Morgan fingerprint density at radius 2 is 1.61 bits per heavy atom. The lowest BCUT2D eigenvalue weighted by atomic mass is 10.00. The molecule has 0 spiro atoms. The highest BCUT2D eigenvalue weighted by Gasteiger charge is 2.18. The topological polar surface area (TPSA) is 65.5 Å². The molecule has 0 N–H and O–H groups in total. The fraction of sp³-hybridized carbons (Fsp3) is 0.179. The normalized spacial score (nSPS) is 10.8. The zero-order valence-electron chi connectivity index (χ0n) is 19.1. The maximum Gasteiger partial charge on any atom is 0.339 e. The summed E-state index contributed by atoms with van der Waals surface area (Å²) in [4.78, 5) is 30.4. The highest BCUT2D eigenvalue weighted by Crippen LogP contribution is 2.27. The molecular formula is C28H25NO4. The molecule has 1 heterocycles. The van der Waals surface area contributed by atoms with Crippen molar-refractivity contribution in [1.29, 1.82) is 0 Å². The van der Waals surface area contributed by atoms with Crippen LogP contribution in [0.1, 0.15) is 37.4 Å². The lowest BCUT2D eigenvalue weighted by Crippen LogP contribution is -2.15. The summed E-state index contributed by atoms with van der Waals surface area (Å²) in [7, 11) is 1.56. The van der Waals surface area contributed by atoms with Crippen LogP contribution in [0.2, 0.25) is 0 Å². The van der Waals surface area contributed by atoms with Crippen LogP contribution in [0, 0.1) is 20.8 Å². The van der Waals surface area contributed by atoms with Gasteiger partial charge in [-0.25, -0.2) is 9.78 Å². The molecule has 33 heavy (non-hydrogen) atoms. The van der Waals surface area contributed by atoms with Gasteiger partial charge in [0, 0.05) is 16.5 Å². The van der Waals surface area contributed by atoms with Crippen LogP contribution in [0.5, 0.6) is 5.75 Å². The Hall–Kier alpha value is -3.99. The van der Waals surface area contributed by atoms with Crippen LogP contribution in [0.4, 0.5) is 0 Å². The van der Waals surface area contributed by atoms with Crippen molar-refractivity contribution in [2.45, 2.75) is 20.8 Å². The van der Waals surface area contributed by atoms with Gasteiger partial charge in [-0.1, -0.05) is 23.8 Å². The Kier molecular flexibility index (Phi) is 6.22. The minimum absolute atomic E-state index is 0.282. The molecule has 0 aliphatic heterocycles. The number of ether oxygens (including phenoxy) is 2. The number of hydrogen-bond donors (Lipinski definition) is 0. The van der Waals surface area contributed by atoms with E-state index in [1.165, 1.54) is 5.56 Å². The summed E-state index contributed by atoms with van der Waals surface area (Å²) >= 11 is 0. The van der Waals surface area contributed by atoms with Crippen molar-refractivity contribution in [2.75, 3.05) is 13.7 Å². The summed E-state index contributed by atoms with van der Waals surface area (Å²) < 4.78 is 10.5. The van der Waals surface area contributed by atoms with Gasteiger partial charge in [-0.05, 0) is 80.4 Å². The second kappa shape index (κ2) is 9.25. The number of nitrogens with zero attached hydrogens (tertiary/aromatic N) is 1. The molecule has 1 aromatic heterocycles. The Morgan fingerprint density at radius 3 is 2.30 bits per heavy atom. The predicted molar refractivity (Wildman–Crippen MR) is 129 cm³/mol. The van der Waals surface area contributed by atoms with Gasteiger partial charge in [-0.15, -0.1) is 0 Å². The maximum absolute atomic E-state index is 13.1.